The molecular formula is C14H27N3. The maximum atomic E-state index is 4.73. The molecule has 3 heteroatoms. The van der Waals surface area contributed by atoms with Crippen LogP contribution >= 0.6 is 0 Å². The van der Waals surface area contributed by atoms with E-state index in [4.69, 9.17) is 5.10 Å². The first-order valence-corrected chi connectivity index (χ1v) is 6.68. The Hall–Kier alpha value is -0.990. The predicted octanol–water partition coefficient (Wildman–Crippen LogP) is 3.66. The summed E-state index contributed by atoms with van der Waals surface area (Å²) in [6.07, 6.45) is 2.18. The molecule has 0 saturated heterocycles. The molecule has 0 atom stereocenters. The number of hydrogen-bond donors (Lipinski definition) is 1. The van der Waals surface area contributed by atoms with Gasteiger partial charge in [0.25, 0.3) is 0 Å². The van der Waals surface area contributed by atoms with Gasteiger partial charge in [-0.2, -0.15) is 5.10 Å². The van der Waals surface area contributed by atoms with Gasteiger partial charge in [0.05, 0.1) is 11.2 Å². The van der Waals surface area contributed by atoms with Crippen LogP contribution in [0.1, 0.15) is 53.7 Å². The van der Waals surface area contributed by atoms with E-state index in [2.05, 4.69) is 57.6 Å². The average molecular weight is 237 g/mol. The Labute approximate surface area is 106 Å². The van der Waals surface area contributed by atoms with Crippen LogP contribution in [-0.2, 0) is 12.0 Å². The SMILES string of the molecule is CCCNc1cc(CC(C)C)nn1C(C)(C)C. The van der Waals surface area contributed by atoms with Crippen molar-refractivity contribution in [3.05, 3.63) is 11.8 Å². The molecule has 0 aromatic carbocycles. The van der Waals surface area contributed by atoms with Crippen LogP contribution in [0.25, 0.3) is 0 Å². The molecule has 17 heavy (non-hydrogen) atoms. The Balaban J connectivity index is 2.95. The Morgan fingerprint density at radius 3 is 2.47 bits per heavy atom. The highest BCUT2D eigenvalue weighted by Gasteiger charge is 2.19. The number of anilines is 1. The lowest BCUT2D eigenvalue weighted by Gasteiger charge is -2.22. The molecule has 0 aliphatic heterocycles. The highest BCUT2D eigenvalue weighted by molar-refractivity contribution is 5.38. The van der Waals surface area contributed by atoms with Gasteiger partial charge in [-0.3, -0.25) is 0 Å². The summed E-state index contributed by atoms with van der Waals surface area (Å²) in [5, 5.41) is 8.19. The van der Waals surface area contributed by atoms with E-state index in [0.29, 0.717) is 5.92 Å². The molecule has 0 spiro atoms. The Bertz CT molecular complexity index is 345. The lowest BCUT2D eigenvalue weighted by Crippen LogP contribution is -2.25. The quantitative estimate of drug-likeness (QED) is 0.847. The maximum Gasteiger partial charge on any atom is 0.125 e. The molecule has 0 amide bonds. The molecule has 0 unspecified atom stereocenters. The highest BCUT2D eigenvalue weighted by Crippen LogP contribution is 2.22. The average Bonchev–Trinajstić information content (AvgIpc) is 2.56. The van der Waals surface area contributed by atoms with E-state index in [9.17, 15) is 0 Å². The van der Waals surface area contributed by atoms with Gasteiger partial charge in [-0.15, -0.1) is 0 Å². The molecule has 0 fully saturated rings. The van der Waals surface area contributed by atoms with E-state index in [1.165, 1.54) is 5.69 Å². The number of rotatable bonds is 5. The molecule has 1 aromatic rings. The van der Waals surface area contributed by atoms with Crippen LogP contribution < -0.4 is 5.32 Å². The fraction of sp³-hybridized carbons (Fsp3) is 0.786. The van der Waals surface area contributed by atoms with E-state index >= 15 is 0 Å². The van der Waals surface area contributed by atoms with Crippen LogP contribution in [0.2, 0.25) is 0 Å². The summed E-state index contributed by atoms with van der Waals surface area (Å²) in [6, 6.07) is 2.20. The second kappa shape index (κ2) is 5.56. The van der Waals surface area contributed by atoms with Crippen molar-refractivity contribution in [1.29, 1.82) is 0 Å². The second-order valence-electron chi connectivity index (χ2n) is 6.13. The molecule has 98 valence electrons. The van der Waals surface area contributed by atoms with Crippen molar-refractivity contribution in [2.24, 2.45) is 5.92 Å². The molecule has 1 heterocycles. The van der Waals surface area contributed by atoms with Gasteiger partial charge in [0.15, 0.2) is 0 Å². The van der Waals surface area contributed by atoms with Crippen molar-refractivity contribution in [1.82, 2.24) is 9.78 Å². The van der Waals surface area contributed by atoms with Crippen molar-refractivity contribution in [2.45, 2.75) is 59.9 Å². The zero-order valence-electron chi connectivity index (χ0n) is 12.2. The minimum atomic E-state index is 0.0330. The third-order valence-electron chi connectivity index (χ3n) is 2.57. The normalized spacial score (nSPS) is 12.2. The van der Waals surface area contributed by atoms with E-state index in [1.807, 2.05) is 0 Å². The molecule has 1 aromatic heterocycles. The summed E-state index contributed by atoms with van der Waals surface area (Å²) < 4.78 is 2.11. The molecule has 0 bridgehead atoms. The predicted molar refractivity (Wildman–Crippen MR) is 74.5 cm³/mol. The molecule has 0 aliphatic rings. The van der Waals surface area contributed by atoms with E-state index < -0.39 is 0 Å². The minimum absolute atomic E-state index is 0.0330. The molecule has 1 N–H and O–H groups in total. The van der Waals surface area contributed by atoms with Gasteiger partial charge in [-0.05, 0) is 39.5 Å². The molecule has 3 nitrogen and oxygen atoms in total. The molecular weight excluding hydrogens is 210 g/mol. The first-order chi connectivity index (χ1) is 7.84. The first kappa shape index (κ1) is 14.1. The van der Waals surface area contributed by atoms with Crippen molar-refractivity contribution in [3.8, 4) is 0 Å². The van der Waals surface area contributed by atoms with Crippen molar-refractivity contribution in [3.63, 3.8) is 0 Å². The van der Waals surface area contributed by atoms with Gasteiger partial charge < -0.3 is 5.32 Å². The molecule has 0 aliphatic carbocycles. The standard InChI is InChI=1S/C14H27N3/c1-7-8-15-13-10-12(9-11(2)3)16-17(13)14(4,5)6/h10-11,15H,7-9H2,1-6H3. The van der Waals surface area contributed by atoms with Gasteiger partial charge in [0.2, 0.25) is 0 Å². The lowest BCUT2D eigenvalue weighted by molar-refractivity contribution is 0.356. The number of nitrogens with zero attached hydrogens (tertiary/aromatic N) is 2. The lowest BCUT2D eigenvalue weighted by atomic mass is 10.1. The monoisotopic (exact) mass is 237 g/mol. The van der Waals surface area contributed by atoms with Crippen LogP contribution in [0, 0.1) is 5.92 Å². The van der Waals surface area contributed by atoms with Gasteiger partial charge >= 0.3 is 0 Å². The highest BCUT2D eigenvalue weighted by atomic mass is 15.4. The van der Waals surface area contributed by atoms with E-state index in [1.54, 1.807) is 0 Å². The fourth-order valence-electron chi connectivity index (χ4n) is 1.84. The Morgan fingerprint density at radius 1 is 1.35 bits per heavy atom. The van der Waals surface area contributed by atoms with Crippen LogP contribution in [0.5, 0.6) is 0 Å². The summed E-state index contributed by atoms with van der Waals surface area (Å²) in [5.41, 5.74) is 1.22. The van der Waals surface area contributed by atoms with Crippen molar-refractivity contribution < 1.29 is 0 Å². The summed E-state index contributed by atoms with van der Waals surface area (Å²) >= 11 is 0. The van der Waals surface area contributed by atoms with Gasteiger partial charge in [-0.1, -0.05) is 20.8 Å². The summed E-state index contributed by atoms with van der Waals surface area (Å²) in [7, 11) is 0. The molecule has 0 saturated carbocycles. The maximum absolute atomic E-state index is 4.73. The number of nitrogens with one attached hydrogen (secondary N) is 1. The topological polar surface area (TPSA) is 29.9 Å². The summed E-state index contributed by atoms with van der Waals surface area (Å²) in [5.74, 6) is 1.80. The molecule has 0 radical (unpaired) electrons. The molecule has 1 rings (SSSR count). The van der Waals surface area contributed by atoms with Crippen LogP contribution in [0.4, 0.5) is 5.82 Å². The third kappa shape index (κ3) is 4.06. The third-order valence-corrected chi connectivity index (χ3v) is 2.57. The van der Waals surface area contributed by atoms with Crippen LogP contribution in [0.3, 0.4) is 0 Å². The fourth-order valence-corrected chi connectivity index (χ4v) is 1.84. The number of hydrogen-bond acceptors (Lipinski definition) is 2. The van der Waals surface area contributed by atoms with Crippen LogP contribution in [-0.4, -0.2) is 16.3 Å². The van der Waals surface area contributed by atoms with E-state index in [-0.39, 0.29) is 5.54 Å². The Kier molecular flexibility index (Phi) is 4.61. The zero-order chi connectivity index (χ0) is 13.1. The summed E-state index contributed by atoms with van der Waals surface area (Å²) in [6.45, 7) is 14.2. The Morgan fingerprint density at radius 2 is 2.00 bits per heavy atom. The number of aromatic nitrogens is 2. The van der Waals surface area contributed by atoms with Gasteiger partial charge in [-0.25, -0.2) is 4.68 Å². The largest absolute Gasteiger partial charge is 0.370 e. The zero-order valence-corrected chi connectivity index (χ0v) is 12.2. The first-order valence-electron chi connectivity index (χ1n) is 6.68. The van der Waals surface area contributed by atoms with Gasteiger partial charge in [0, 0.05) is 12.6 Å². The van der Waals surface area contributed by atoms with E-state index in [0.717, 1.165) is 25.2 Å². The second-order valence-corrected chi connectivity index (χ2v) is 6.13. The van der Waals surface area contributed by atoms with Crippen LogP contribution in [0.15, 0.2) is 6.07 Å². The van der Waals surface area contributed by atoms with Crippen molar-refractivity contribution in [2.75, 3.05) is 11.9 Å². The summed E-state index contributed by atoms with van der Waals surface area (Å²) in [4.78, 5) is 0. The smallest absolute Gasteiger partial charge is 0.125 e. The van der Waals surface area contributed by atoms with Crippen molar-refractivity contribution >= 4 is 5.82 Å². The van der Waals surface area contributed by atoms with Gasteiger partial charge in [0.1, 0.15) is 5.82 Å². The minimum Gasteiger partial charge on any atom is -0.370 e.